The molecular formula is C17H24N2O4. The molecule has 0 bridgehead atoms. The Morgan fingerprint density at radius 1 is 1.13 bits per heavy atom. The molecule has 0 aromatic heterocycles. The van der Waals surface area contributed by atoms with Crippen LogP contribution in [-0.4, -0.2) is 53.8 Å². The summed E-state index contributed by atoms with van der Waals surface area (Å²) in [6, 6.07) is 5.27. The molecule has 1 saturated heterocycles. The molecule has 0 atom stereocenters. The van der Waals surface area contributed by atoms with Gasteiger partial charge in [-0.2, -0.15) is 0 Å². The number of aryl methyl sites for hydroxylation is 1. The molecule has 23 heavy (non-hydrogen) atoms. The van der Waals surface area contributed by atoms with E-state index < -0.39 is 11.6 Å². The Kier molecular flexibility index (Phi) is 4.82. The van der Waals surface area contributed by atoms with E-state index in [9.17, 15) is 14.7 Å². The van der Waals surface area contributed by atoms with Gasteiger partial charge in [-0.3, -0.25) is 0 Å². The van der Waals surface area contributed by atoms with E-state index in [-0.39, 0.29) is 6.09 Å². The number of carboxylic acid groups (broad SMARTS) is 1. The van der Waals surface area contributed by atoms with Gasteiger partial charge in [0.15, 0.2) is 0 Å². The second-order valence-electron chi connectivity index (χ2n) is 6.73. The summed E-state index contributed by atoms with van der Waals surface area (Å²) in [7, 11) is 0. The lowest BCUT2D eigenvalue weighted by Gasteiger charge is -2.37. The molecule has 1 fully saturated rings. The molecule has 0 unspecified atom stereocenters. The van der Waals surface area contributed by atoms with Gasteiger partial charge in [0.05, 0.1) is 11.3 Å². The number of rotatable bonds is 2. The van der Waals surface area contributed by atoms with Gasteiger partial charge >= 0.3 is 12.1 Å². The predicted octanol–water partition coefficient (Wildman–Crippen LogP) is 2.75. The van der Waals surface area contributed by atoms with Gasteiger partial charge in [0, 0.05) is 26.2 Å². The number of amides is 1. The van der Waals surface area contributed by atoms with Gasteiger partial charge in [0.2, 0.25) is 0 Å². The molecule has 1 aliphatic rings. The van der Waals surface area contributed by atoms with Crippen molar-refractivity contribution in [1.29, 1.82) is 0 Å². The van der Waals surface area contributed by atoms with E-state index in [2.05, 4.69) is 0 Å². The second-order valence-corrected chi connectivity index (χ2v) is 6.73. The Bertz CT molecular complexity index is 599. The van der Waals surface area contributed by atoms with Crippen LogP contribution in [0.4, 0.5) is 10.5 Å². The van der Waals surface area contributed by atoms with Crippen LogP contribution in [0.5, 0.6) is 0 Å². The van der Waals surface area contributed by atoms with Crippen LogP contribution in [0.1, 0.15) is 36.7 Å². The Hall–Kier alpha value is -2.24. The summed E-state index contributed by atoms with van der Waals surface area (Å²) in [6.45, 7) is 9.64. The Morgan fingerprint density at radius 2 is 1.74 bits per heavy atom. The third-order valence-corrected chi connectivity index (χ3v) is 3.72. The number of hydrogen-bond donors (Lipinski definition) is 1. The number of piperazine rings is 1. The topological polar surface area (TPSA) is 70.1 Å². The Labute approximate surface area is 136 Å². The van der Waals surface area contributed by atoms with E-state index in [0.717, 1.165) is 11.3 Å². The van der Waals surface area contributed by atoms with Crippen molar-refractivity contribution < 1.29 is 19.4 Å². The van der Waals surface area contributed by atoms with Crippen molar-refractivity contribution in [3.05, 3.63) is 29.3 Å². The van der Waals surface area contributed by atoms with Crippen LogP contribution in [0.15, 0.2) is 18.2 Å². The lowest BCUT2D eigenvalue weighted by atomic mass is 10.1. The second kappa shape index (κ2) is 6.48. The molecule has 1 heterocycles. The first kappa shape index (κ1) is 17.1. The minimum Gasteiger partial charge on any atom is -0.478 e. The van der Waals surface area contributed by atoms with Crippen molar-refractivity contribution in [2.75, 3.05) is 31.1 Å². The van der Waals surface area contributed by atoms with Gasteiger partial charge in [-0.05, 0) is 39.3 Å². The summed E-state index contributed by atoms with van der Waals surface area (Å²) in [5.74, 6) is -0.932. The SMILES string of the molecule is Cc1cccc(C(=O)O)c1N1CCN(C(=O)OC(C)(C)C)CC1. The van der Waals surface area contributed by atoms with Gasteiger partial charge in [0.1, 0.15) is 5.60 Å². The molecule has 0 aliphatic carbocycles. The molecule has 1 aliphatic heterocycles. The summed E-state index contributed by atoms with van der Waals surface area (Å²) in [6.07, 6.45) is -0.319. The van der Waals surface area contributed by atoms with Gasteiger partial charge in [-0.15, -0.1) is 0 Å². The van der Waals surface area contributed by atoms with Gasteiger partial charge in [-0.25, -0.2) is 9.59 Å². The summed E-state index contributed by atoms with van der Waals surface area (Å²) in [4.78, 5) is 27.2. The maximum absolute atomic E-state index is 12.1. The standard InChI is InChI=1S/C17H24N2O4/c1-12-6-5-7-13(15(20)21)14(12)18-8-10-19(11-9-18)16(22)23-17(2,3)4/h5-7H,8-11H2,1-4H3,(H,20,21). The minimum atomic E-state index is -0.932. The first-order valence-electron chi connectivity index (χ1n) is 7.75. The van der Waals surface area contributed by atoms with E-state index in [1.54, 1.807) is 17.0 Å². The molecule has 126 valence electrons. The first-order valence-corrected chi connectivity index (χ1v) is 7.75. The number of carboxylic acids is 1. The van der Waals surface area contributed by atoms with Crippen LogP contribution in [0, 0.1) is 6.92 Å². The average Bonchev–Trinajstić information content (AvgIpc) is 2.45. The highest BCUT2D eigenvalue weighted by molar-refractivity contribution is 5.95. The van der Waals surface area contributed by atoms with Crippen LogP contribution in [0.3, 0.4) is 0 Å². The van der Waals surface area contributed by atoms with Crippen molar-refractivity contribution in [3.8, 4) is 0 Å². The number of para-hydroxylation sites is 1. The van der Waals surface area contributed by atoms with E-state index in [0.29, 0.717) is 31.7 Å². The fourth-order valence-corrected chi connectivity index (χ4v) is 2.69. The van der Waals surface area contributed by atoms with Crippen LogP contribution in [0.25, 0.3) is 0 Å². The summed E-state index contributed by atoms with van der Waals surface area (Å²) < 4.78 is 5.38. The predicted molar refractivity (Wildman–Crippen MR) is 88.2 cm³/mol. The number of hydrogen-bond acceptors (Lipinski definition) is 4. The fraction of sp³-hybridized carbons (Fsp3) is 0.529. The quantitative estimate of drug-likeness (QED) is 0.907. The number of nitrogens with zero attached hydrogens (tertiary/aromatic N) is 2. The van der Waals surface area contributed by atoms with Gasteiger partial charge in [-0.1, -0.05) is 12.1 Å². The molecule has 6 heteroatoms. The van der Waals surface area contributed by atoms with Crippen molar-refractivity contribution in [1.82, 2.24) is 4.90 Å². The maximum Gasteiger partial charge on any atom is 0.410 e. The van der Waals surface area contributed by atoms with E-state index in [1.165, 1.54) is 0 Å². The number of carbonyl (C=O) groups excluding carboxylic acids is 1. The van der Waals surface area contributed by atoms with Crippen molar-refractivity contribution in [2.45, 2.75) is 33.3 Å². The van der Waals surface area contributed by atoms with Gasteiger partial charge < -0.3 is 19.6 Å². The van der Waals surface area contributed by atoms with Crippen LogP contribution < -0.4 is 4.90 Å². The number of carbonyl (C=O) groups is 2. The molecule has 2 rings (SSSR count). The van der Waals surface area contributed by atoms with Crippen LogP contribution in [0.2, 0.25) is 0 Å². The molecule has 0 saturated carbocycles. The first-order chi connectivity index (χ1) is 10.7. The monoisotopic (exact) mass is 320 g/mol. The van der Waals surface area contributed by atoms with Crippen LogP contribution in [-0.2, 0) is 4.74 Å². The molecule has 1 aromatic rings. The molecule has 1 aromatic carbocycles. The highest BCUT2D eigenvalue weighted by Gasteiger charge is 2.27. The number of anilines is 1. The zero-order chi connectivity index (χ0) is 17.2. The van der Waals surface area contributed by atoms with Crippen molar-refractivity contribution in [2.24, 2.45) is 0 Å². The van der Waals surface area contributed by atoms with E-state index >= 15 is 0 Å². The molecule has 6 nitrogen and oxygen atoms in total. The minimum absolute atomic E-state index is 0.302. The Morgan fingerprint density at radius 3 is 2.26 bits per heavy atom. The highest BCUT2D eigenvalue weighted by atomic mass is 16.6. The largest absolute Gasteiger partial charge is 0.478 e. The highest BCUT2D eigenvalue weighted by Crippen LogP contribution is 2.26. The fourth-order valence-electron chi connectivity index (χ4n) is 2.69. The number of ether oxygens (including phenoxy) is 1. The lowest BCUT2D eigenvalue weighted by molar-refractivity contribution is 0.0240. The maximum atomic E-state index is 12.1. The van der Waals surface area contributed by atoms with Crippen molar-refractivity contribution >= 4 is 17.7 Å². The van der Waals surface area contributed by atoms with E-state index in [1.807, 2.05) is 38.7 Å². The zero-order valence-corrected chi connectivity index (χ0v) is 14.1. The van der Waals surface area contributed by atoms with Gasteiger partial charge in [0.25, 0.3) is 0 Å². The van der Waals surface area contributed by atoms with Crippen molar-refractivity contribution in [3.63, 3.8) is 0 Å². The third kappa shape index (κ3) is 4.15. The summed E-state index contributed by atoms with van der Waals surface area (Å²) in [5.41, 5.74) is 1.45. The zero-order valence-electron chi connectivity index (χ0n) is 14.1. The van der Waals surface area contributed by atoms with Crippen LogP contribution >= 0.6 is 0 Å². The number of benzene rings is 1. The average molecular weight is 320 g/mol. The smallest absolute Gasteiger partial charge is 0.410 e. The molecular weight excluding hydrogens is 296 g/mol. The molecule has 0 radical (unpaired) electrons. The summed E-state index contributed by atoms with van der Waals surface area (Å²) in [5, 5.41) is 9.38. The molecule has 1 N–H and O–H groups in total. The Balaban J connectivity index is 2.08. The molecule has 1 amide bonds. The lowest BCUT2D eigenvalue weighted by Crippen LogP contribution is -2.50. The summed E-state index contributed by atoms with van der Waals surface area (Å²) >= 11 is 0. The van der Waals surface area contributed by atoms with E-state index in [4.69, 9.17) is 4.74 Å². The molecule has 0 spiro atoms. The normalized spacial score (nSPS) is 15.5. The third-order valence-electron chi connectivity index (χ3n) is 3.72. The number of aromatic carboxylic acids is 1.